The predicted molar refractivity (Wildman–Crippen MR) is 114 cm³/mol. The summed E-state index contributed by atoms with van der Waals surface area (Å²) in [6.07, 6.45) is 9.06. The average molecular weight is 402 g/mol. The Labute approximate surface area is 173 Å². The summed E-state index contributed by atoms with van der Waals surface area (Å²) in [6.45, 7) is 1.20. The molecule has 1 aliphatic heterocycles. The number of piperidine rings is 1. The van der Waals surface area contributed by atoms with Crippen molar-refractivity contribution in [2.75, 3.05) is 18.0 Å². The zero-order valence-electron chi connectivity index (χ0n) is 16.5. The van der Waals surface area contributed by atoms with E-state index >= 15 is 0 Å². The highest BCUT2D eigenvalue weighted by Gasteiger charge is 2.25. The van der Waals surface area contributed by atoms with Gasteiger partial charge in [-0.05, 0) is 24.6 Å². The van der Waals surface area contributed by atoms with E-state index in [0.29, 0.717) is 12.2 Å². The van der Waals surface area contributed by atoms with Crippen molar-refractivity contribution >= 4 is 16.7 Å². The van der Waals surface area contributed by atoms with Crippen molar-refractivity contribution in [2.24, 2.45) is 12.8 Å². The number of aliphatic hydroxyl groups is 1. The fourth-order valence-electron chi connectivity index (χ4n) is 3.74. The first-order valence-electron chi connectivity index (χ1n) is 9.84. The number of nitrogens with zero attached hydrogens (tertiary/aromatic N) is 7. The predicted octanol–water partition coefficient (Wildman–Crippen LogP) is 1.39. The Morgan fingerprint density at radius 2 is 2.03 bits per heavy atom. The molecule has 4 aromatic rings. The van der Waals surface area contributed by atoms with Gasteiger partial charge in [0.2, 0.25) is 0 Å². The number of fused-ring (bicyclic) bond motifs is 1. The minimum absolute atomic E-state index is 0.188. The highest BCUT2D eigenvalue weighted by Crippen LogP contribution is 2.29. The number of nitrogens with two attached hydrogens (primary N) is 1. The molecular weight excluding hydrogens is 380 g/mol. The molecule has 0 unspecified atom stereocenters. The minimum atomic E-state index is -0.562. The second-order valence-corrected chi connectivity index (χ2v) is 7.55. The van der Waals surface area contributed by atoms with Crippen LogP contribution in [0.4, 0.5) is 5.82 Å². The Kier molecular flexibility index (Phi) is 4.61. The van der Waals surface area contributed by atoms with Crippen molar-refractivity contribution in [1.82, 2.24) is 29.7 Å². The number of aliphatic hydroxyl groups excluding tert-OH is 1. The fourth-order valence-corrected chi connectivity index (χ4v) is 3.74. The average Bonchev–Trinajstić information content (AvgIpc) is 3.21. The number of aryl methyl sites for hydroxylation is 1. The topological polar surface area (TPSA) is 119 Å². The minimum Gasteiger partial charge on any atom is -0.390 e. The smallest absolute Gasteiger partial charge is 0.147 e. The van der Waals surface area contributed by atoms with Crippen LogP contribution in [0, 0.1) is 0 Å². The van der Waals surface area contributed by atoms with Crippen LogP contribution in [0.25, 0.3) is 33.5 Å². The molecule has 1 fully saturated rings. The molecule has 30 heavy (non-hydrogen) atoms. The maximum atomic E-state index is 10.1. The Morgan fingerprint density at radius 1 is 1.13 bits per heavy atom. The Hall–Kier alpha value is -3.43. The molecule has 3 N–H and O–H groups in total. The van der Waals surface area contributed by atoms with Gasteiger partial charge < -0.3 is 15.7 Å². The Bertz CT molecular complexity index is 1190. The third-order valence-electron chi connectivity index (χ3n) is 5.44. The quantitative estimate of drug-likeness (QED) is 0.528. The van der Waals surface area contributed by atoms with Crippen molar-refractivity contribution < 1.29 is 5.11 Å². The van der Waals surface area contributed by atoms with E-state index < -0.39 is 6.10 Å². The third-order valence-corrected chi connectivity index (χ3v) is 5.44. The van der Waals surface area contributed by atoms with Crippen LogP contribution < -0.4 is 10.6 Å². The highest BCUT2D eigenvalue weighted by molar-refractivity contribution is 5.93. The first-order valence-corrected chi connectivity index (χ1v) is 9.84. The first kappa shape index (κ1) is 18.6. The van der Waals surface area contributed by atoms with Gasteiger partial charge in [0.05, 0.1) is 35.9 Å². The largest absolute Gasteiger partial charge is 0.390 e. The summed E-state index contributed by atoms with van der Waals surface area (Å²) in [7, 11) is 1.87. The van der Waals surface area contributed by atoms with Gasteiger partial charge in [0, 0.05) is 49.5 Å². The van der Waals surface area contributed by atoms with E-state index in [1.165, 1.54) is 0 Å². The number of hydrogen-bond donors (Lipinski definition) is 2. The van der Waals surface area contributed by atoms with E-state index in [4.69, 9.17) is 10.7 Å². The number of β-amino-alcohol motifs (C(OH)–C–C–N with tert-alkyl or cyclic N) is 1. The summed E-state index contributed by atoms with van der Waals surface area (Å²) >= 11 is 0. The Morgan fingerprint density at radius 3 is 2.77 bits per heavy atom. The summed E-state index contributed by atoms with van der Waals surface area (Å²) in [5, 5.41) is 15.2. The van der Waals surface area contributed by atoms with E-state index in [1.54, 1.807) is 29.5 Å². The van der Waals surface area contributed by atoms with Crippen LogP contribution in [0.5, 0.6) is 0 Å². The molecule has 0 spiro atoms. The van der Waals surface area contributed by atoms with Crippen LogP contribution in [0.15, 0.2) is 49.2 Å². The van der Waals surface area contributed by atoms with Crippen LogP contribution in [0.3, 0.4) is 0 Å². The van der Waals surface area contributed by atoms with Crippen LogP contribution in [0.2, 0.25) is 0 Å². The molecule has 5 heterocycles. The molecule has 0 bridgehead atoms. The lowest BCUT2D eigenvalue weighted by atomic mass is 10.0. The standard InChI is InChI=1S/C21H22N8O/c1-28-11-13(8-26-28)16-7-17-14(3-2-5-23-17)21(27-16)18-9-25-20(10-24-18)29-6-4-15(22)19(30)12-29/h2-3,5,7-11,15,19,30H,4,6,12,22H2,1H3/t15-,19-/m0/s1. The summed E-state index contributed by atoms with van der Waals surface area (Å²) < 4.78 is 1.74. The number of aromatic nitrogens is 6. The van der Waals surface area contributed by atoms with Gasteiger partial charge in [-0.25, -0.2) is 15.0 Å². The van der Waals surface area contributed by atoms with Gasteiger partial charge >= 0.3 is 0 Å². The van der Waals surface area contributed by atoms with Crippen molar-refractivity contribution in [3.63, 3.8) is 0 Å². The molecule has 4 aromatic heterocycles. The molecule has 0 saturated carbocycles. The van der Waals surface area contributed by atoms with Gasteiger partial charge in [0.1, 0.15) is 17.2 Å². The molecule has 5 rings (SSSR count). The van der Waals surface area contributed by atoms with E-state index in [1.807, 2.05) is 36.3 Å². The van der Waals surface area contributed by atoms with Gasteiger partial charge in [0.15, 0.2) is 0 Å². The van der Waals surface area contributed by atoms with Gasteiger partial charge in [0.25, 0.3) is 0 Å². The number of anilines is 1. The lowest BCUT2D eigenvalue weighted by molar-refractivity contribution is 0.131. The van der Waals surface area contributed by atoms with Crippen molar-refractivity contribution in [1.29, 1.82) is 0 Å². The second-order valence-electron chi connectivity index (χ2n) is 7.55. The molecule has 9 nitrogen and oxygen atoms in total. The summed E-state index contributed by atoms with van der Waals surface area (Å²) in [5.41, 5.74) is 9.81. The van der Waals surface area contributed by atoms with E-state index in [-0.39, 0.29) is 6.04 Å². The zero-order valence-corrected chi connectivity index (χ0v) is 16.5. The molecule has 152 valence electrons. The normalized spacial score (nSPS) is 19.4. The van der Waals surface area contributed by atoms with Crippen molar-refractivity contribution in [3.05, 3.63) is 49.2 Å². The van der Waals surface area contributed by atoms with Crippen LogP contribution in [-0.4, -0.2) is 60.1 Å². The number of hydrogen-bond acceptors (Lipinski definition) is 8. The summed E-state index contributed by atoms with van der Waals surface area (Å²) in [6, 6.07) is 5.63. The van der Waals surface area contributed by atoms with E-state index in [0.717, 1.165) is 46.6 Å². The monoisotopic (exact) mass is 402 g/mol. The van der Waals surface area contributed by atoms with Crippen molar-refractivity contribution in [3.8, 4) is 22.6 Å². The molecule has 0 amide bonds. The molecule has 2 atom stereocenters. The number of pyridine rings is 2. The molecule has 1 aliphatic rings. The number of rotatable bonds is 3. The van der Waals surface area contributed by atoms with Crippen LogP contribution >= 0.6 is 0 Å². The van der Waals surface area contributed by atoms with Crippen LogP contribution in [0.1, 0.15) is 6.42 Å². The molecule has 1 saturated heterocycles. The second kappa shape index (κ2) is 7.43. The SMILES string of the molecule is Cn1cc(-c2cc3ncccc3c(-c3cnc(N4CC[C@H](N)[C@@H](O)C4)cn3)n2)cn1. The van der Waals surface area contributed by atoms with E-state index in [9.17, 15) is 5.11 Å². The molecule has 0 radical (unpaired) electrons. The first-order chi connectivity index (χ1) is 14.6. The third kappa shape index (κ3) is 3.38. The molecule has 0 aromatic carbocycles. The highest BCUT2D eigenvalue weighted by atomic mass is 16.3. The fraction of sp³-hybridized carbons (Fsp3) is 0.286. The van der Waals surface area contributed by atoms with Gasteiger partial charge in [-0.15, -0.1) is 0 Å². The lowest BCUT2D eigenvalue weighted by Crippen LogP contribution is -2.50. The maximum absolute atomic E-state index is 10.1. The van der Waals surface area contributed by atoms with Gasteiger partial charge in [-0.1, -0.05) is 0 Å². The lowest BCUT2D eigenvalue weighted by Gasteiger charge is -2.34. The zero-order chi connectivity index (χ0) is 20.7. The van der Waals surface area contributed by atoms with Gasteiger partial charge in [-0.2, -0.15) is 5.10 Å². The van der Waals surface area contributed by atoms with Crippen LogP contribution in [-0.2, 0) is 7.05 Å². The molecular formula is C21H22N8O. The van der Waals surface area contributed by atoms with Crippen molar-refractivity contribution in [2.45, 2.75) is 18.6 Å². The van der Waals surface area contributed by atoms with E-state index in [2.05, 4.69) is 20.1 Å². The molecule has 9 heteroatoms. The maximum Gasteiger partial charge on any atom is 0.147 e. The molecule has 0 aliphatic carbocycles. The summed E-state index contributed by atoms with van der Waals surface area (Å²) in [5.74, 6) is 0.718. The van der Waals surface area contributed by atoms with Gasteiger partial charge in [-0.3, -0.25) is 9.67 Å². The Balaban J connectivity index is 1.54. The summed E-state index contributed by atoms with van der Waals surface area (Å²) in [4.78, 5) is 20.6.